The Labute approximate surface area is 86.3 Å². The zero-order valence-electron chi connectivity index (χ0n) is 9.25. The minimum atomic E-state index is 0.0555. The molecule has 0 bridgehead atoms. The first-order chi connectivity index (χ1) is 6.56. The molecule has 2 heteroatoms. The van der Waals surface area contributed by atoms with Crippen molar-refractivity contribution >= 4 is 0 Å². The van der Waals surface area contributed by atoms with E-state index in [9.17, 15) is 0 Å². The van der Waals surface area contributed by atoms with Crippen molar-refractivity contribution in [2.75, 3.05) is 6.54 Å². The molecule has 0 fully saturated rings. The Morgan fingerprint density at radius 1 is 1.29 bits per heavy atom. The molecule has 2 atom stereocenters. The highest BCUT2D eigenvalue weighted by atomic mass is 14.7. The third kappa shape index (κ3) is 2.34. The molecular weight excluding hydrogens is 172 g/mol. The van der Waals surface area contributed by atoms with Gasteiger partial charge in [0.1, 0.15) is 0 Å². The highest BCUT2D eigenvalue weighted by molar-refractivity contribution is 5.33. The number of hydrogen-bond donors (Lipinski definition) is 2. The Bertz CT molecular complexity index is 307. The molecule has 0 heterocycles. The molecule has 2 unspecified atom stereocenters. The predicted octanol–water partition coefficient (Wildman–Crippen LogP) is 1.90. The summed E-state index contributed by atoms with van der Waals surface area (Å²) in [6, 6.07) is 6.44. The Hall–Kier alpha value is -0.860. The lowest BCUT2D eigenvalue weighted by Crippen LogP contribution is -2.26. The molecule has 4 N–H and O–H groups in total. The Kier molecular flexibility index (Phi) is 3.67. The zero-order valence-corrected chi connectivity index (χ0v) is 9.25. The number of rotatable bonds is 3. The third-order valence-corrected chi connectivity index (χ3v) is 2.78. The molecule has 0 saturated carbocycles. The fourth-order valence-electron chi connectivity index (χ4n) is 1.57. The van der Waals surface area contributed by atoms with E-state index in [1.807, 2.05) is 0 Å². The number of aryl methyl sites for hydroxylation is 2. The maximum absolute atomic E-state index is 6.14. The summed E-state index contributed by atoms with van der Waals surface area (Å²) in [5.41, 5.74) is 15.5. The minimum absolute atomic E-state index is 0.0555. The molecule has 0 amide bonds. The molecule has 0 aliphatic carbocycles. The largest absolute Gasteiger partial charge is 0.330 e. The molecule has 0 aliphatic heterocycles. The highest BCUT2D eigenvalue weighted by Gasteiger charge is 2.15. The summed E-state index contributed by atoms with van der Waals surface area (Å²) in [6.07, 6.45) is 0. The van der Waals surface area contributed by atoms with Gasteiger partial charge < -0.3 is 11.5 Å². The van der Waals surface area contributed by atoms with Crippen LogP contribution in [0.25, 0.3) is 0 Å². The molecule has 0 aromatic heterocycles. The second-order valence-corrected chi connectivity index (χ2v) is 4.10. The van der Waals surface area contributed by atoms with E-state index in [4.69, 9.17) is 11.5 Å². The molecule has 0 radical (unpaired) electrons. The topological polar surface area (TPSA) is 52.0 Å². The van der Waals surface area contributed by atoms with Crippen LogP contribution in [0.3, 0.4) is 0 Å². The van der Waals surface area contributed by atoms with Crippen LogP contribution in [0.2, 0.25) is 0 Å². The van der Waals surface area contributed by atoms with E-state index in [-0.39, 0.29) is 6.04 Å². The Morgan fingerprint density at radius 3 is 2.50 bits per heavy atom. The second-order valence-electron chi connectivity index (χ2n) is 4.10. The molecule has 78 valence electrons. The molecule has 0 aliphatic rings. The first-order valence-electron chi connectivity index (χ1n) is 5.09. The molecule has 14 heavy (non-hydrogen) atoms. The van der Waals surface area contributed by atoms with Crippen LogP contribution in [0.4, 0.5) is 0 Å². The van der Waals surface area contributed by atoms with Crippen LogP contribution < -0.4 is 11.5 Å². The summed E-state index contributed by atoms with van der Waals surface area (Å²) in [6.45, 7) is 6.90. The van der Waals surface area contributed by atoms with E-state index in [0.717, 1.165) is 0 Å². The smallest absolute Gasteiger partial charge is 0.0335 e. The predicted molar refractivity (Wildman–Crippen MR) is 61.1 cm³/mol. The number of nitrogens with two attached hydrogens (primary N) is 2. The van der Waals surface area contributed by atoms with Crippen LogP contribution >= 0.6 is 0 Å². The van der Waals surface area contributed by atoms with Crippen molar-refractivity contribution in [2.24, 2.45) is 17.4 Å². The van der Waals surface area contributed by atoms with Crippen molar-refractivity contribution in [1.82, 2.24) is 0 Å². The van der Waals surface area contributed by atoms with Crippen molar-refractivity contribution in [3.63, 3.8) is 0 Å². The summed E-state index contributed by atoms with van der Waals surface area (Å²) in [5, 5.41) is 0. The lowest BCUT2D eigenvalue weighted by molar-refractivity contribution is 0.479. The summed E-state index contributed by atoms with van der Waals surface area (Å²) < 4.78 is 0. The Balaban J connectivity index is 2.99. The fourth-order valence-corrected chi connectivity index (χ4v) is 1.57. The summed E-state index contributed by atoms with van der Waals surface area (Å²) in [7, 11) is 0. The van der Waals surface area contributed by atoms with Crippen molar-refractivity contribution in [1.29, 1.82) is 0 Å². The van der Waals surface area contributed by atoms with Crippen LogP contribution in [0.1, 0.15) is 29.7 Å². The molecule has 2 nitrogen and oxygen atoms in total. The first kappa shape index (κ1) is 11.2. The van der Waals surface area contributed by atoms with Gasteiger partial charge in [-0.1, -0.05) is 30.7 Å². The number of benzene rings is 1. The zero-order chi connectivity index (χ0) is 10.7. The van der Waals surface area contributed by atoms with Crippen molar-refractivity contribution in [3.05, 3.63) is 34.9 Å². The maximum atomic E-state index is 6.14. The van der Waals surface area contributed by atoms with Gasteiger partial charge in [-0.2, -0.15) is 0 Å². The standard InChI is InChI=1S/C12H20N2/c1-8-4-5-9(2)11(6-8)12(14)10(3)7-13/h4-6,10,12H,7,13-14H2,1-3H3. The Morgan fingerprint density at radius 2 is 1.93 bits per heavy atom. The monoisotopic (exact) mass is 192 g/mol. The van der Waals surface area contributed by atoms with Gasteiger partial charge in [0.05, 0.1) is 0 Å². The van der Waals surface area contributed by atoms with E-state index in [1.54, 1.807) is 0 Å². The molecule has 1 rings (SSSR count). The van der Waals surface area contributed by atoms with Gasteiger partial charge in [-0.3, -0.25) is 0 Å². The van der Waals surface area contributed by atoms with E-state index in [2.05, 4.69) is 39.0 Å². The van der Waals surface area contributed by atoms with E-state index >= 15 is 0 Å². The quantitative estimate of drug-likeness (QED) is 0.768. The average molecular weight is 192 g/mol. The molecular formula is C12H20N2. The first-order valence-corrected chi connectivity index (χ1v) is 5.09. The van der Waals surface area contributed by atoms with Crippen LogP contribution in [0, 0.1) is 19.8 Å². The lowest BCUT2D eigenvalue weighted by Gasteiger charge is -2.20. The molecule has 1 aromatic carbocycles. The van der Waals surface area contributed by atoms with Crippen LogP contribution in [-0.2, 0) is 0 Å². The van der Waals surface area contributed by atoms with E-state index in [0.29, 0.717) is 12.5 Å². The van der Waals surface area contributed by atoms with Crippen molar-refractivity contribution < 1.29 is 0 Å². The van der Waals surface area contributed by atoms with Crippen molar-refractivity contribution in [2.45, 2.75) is 26.8 Å². The third-order valence-electron chi connectivity index (χ3n) is 2.78. The molecule has 0 saturated heterocycles. The van der Waals surface area contributed by atoms with Crippen LogP contribution in [-0.4, -0.2) is 6.54 Å². The van der Waals surface area contributed by atoms with E-state index < -0.39 is 0 Å². The molecule has 1 aromatic rings. The summed E-state index contributed by atoms with van der Waals surface area (Å²) in [4.78, 5) is 0. The summed E-state index contributed by atoms with van der Waals surface area (Å²) in [5.74, 6) is 0.329. The number of hydrogen-bond acceptors (Lipinski definition) is 2. The van der Waals surface area contributed by atoms with Gasteiger partial charge >= 0.3 is 0 Å². The second kappa shape index (κ2) is 4.58. The fraction of sp³-hybridized carbons (Fsp3) is 0.500. The van der Waals surface area contributed by atoms with Gasteiger partial charge in [0.25, 0.3) is 0 Å². The van der Waals surface area contributed by atoms with E-state index in [1.165, 1.54) is 16.7 Å². The van der Waals surface area contributed by atoms with Crippen LogP contribution in [0.5, 0.6) is 0 Å². The SMILES string of the molecule is Cc1ccc(C)c(C(N)C(C)CN)c1. The normalized spacial score (nSPS) is 15.2. The lowest BCUT2D eigenvalue weighted by atomic mass is 9.91. The summed E-state index contributed by atoms with van der Waals surface area (Å²) >= 11 is 0. The highest BCUT2D eigenvalue weighted by Crippen LogP contribution is 2.22. The average Bonchev–Trinajstić information content (AvgIpc) is 2.19. The maximum Gasteiger partial charge on any atom is 0.0335 e. The van der Waals surface area contributed by atoms with Gasteiger partial charge in [0.2, 0.25) is 0 Å². The van der Waals surface area contributed by atoms with Crippen molar-refractivity contribution in [3.8, 4) is 0 Å². The van der Waals surface area contributed by atoms with Gasteiger partial charge in [-0.05, 0) is 37.4 Å². The van der Waals surface area contributed by atoms with Crippen LogP contribution in [0.15, 0.2) is 18.2 Å². The van der Waals surface area contributed by atoms with Gasteiger partial charge in [-0.15, -0.1) is 0 Å². The van der Waals surface area contributed by atoms with Gasteiger partial charge in [0.15, 0.2) is 0 Å². The molecule has 0 spiro atoms. The van der Waals surface area contributed by atoms with Gasteiger partial charge in [0, 0.05) is 6.04 Å². The van der Waals surface area contributed by atoms with Gasteiger partial charge in [-0.25, -0.2) is 0 Å². The minimum Gasteiger partial charge on any atom is -0.330 e.